The molecule has 1 saturated heterocycles. The summed E-state index contributed by atoms with van der Waals surface area (Å²) >= 11 is 0. The van der Waals surface area contributed by atoms with Gasteiger partial charge in [-0.2, -0.15) is 0 Å². The molecule has 0 saturated carbocycles. The highest BCUT2D eigenvalue weighted by Crippen LogP contribution is 2.20. The Hall–Kier alpha value is -1.62. The van der Waals surface area contributed by atoms with Crippen LogP contribution in [0.1, 0.15) is 6.42 Å². The van der Waals surface area contributed by atoms with Crippen LogP contribution in [0.2, 0.25) is 0 Å². The van der Waals surface area contributed by atoms with Gasteiger partial charge in [-0.25, -0.2) is 4.68 Å². The molecule has 2 heterocycles. The minimum atomic E-state index is 0.290. The molecule has 0 spiro atoms. The molecule has 1 atom stereocenters. The van der Waals surface area contributed by atoms with Crippen molar-refractivity contribution in [1.29, 1.82) is 0 Å². The third kappa shape index (κ3) is 1.63. The van der Waals surface area contributed by atoms with E-state index in [1.165, 1.54) is 0 Å². The fourth-order valence-electron chi connectivity index (χ4n) is 2.00. The number of ether oxygens (including phenoxy) is 1. The second kappa shape index (κ2) is 3.75. The van der Waals surface area contributed by atoms with Gasteiger partial charge in [0, 0.05) is 19.7 Å². The van der Waals surface area contributed by atoms with Gasteiger partial charge in [-0.05, 0) is 25.1 Å². The molecule has 3 rings (SSSR count). The highest BCUT2D eigenvalue weighted by Gasteiger charge is 2.16. The Kier molecular flexibility index (Phi) is 2.25. The smallest absolute Gasteiger partial charge is 0.122 e. The topological polar surface area (TPSA) is 52.0 Å². The minimum Gasteiger partial charge on any atom is -0.489 e. The van der Waals surface area contributed by atoms with E-state index in [4.69, 9.17) is 4.74 Å². The number of aromatic nitrogens is 3. The summed E-state index contributed by atoms with van der Waals surface area (Å²) in [5, 5.41) is 11.3. The van der Waals surface area contributed by atoms with Crippen molar-refractivity contribution in [2.75, 3.05) is 13.1 Å². The number of nitrogens with zero attached hydrogens (tertiary/aromatic N) is 3. The molecule has 1 aliphatic rings. The largest absolute Gasteiger partial charge is 0.489 e. The maximum atomic E-state index is 5.88. The molecular formula is C11H14N4O. The van der Waals surface area contributed by atoms with Gasteiger partial charge in [0.2, 0.25) is 0 Å². The maximum Gasteiger partial charge on any atom is 0.122 e. The number of hydrogen-bond acceptors (Lipinski definition) is 4. The lowest BCUT2D eigenvalue weighted by Gasteiger charge is -2.12. The van der Waals surface area contributed by atoms with Crippen LogP contribution in [0.4, 0.5) is 0 Å². The SMILES string of the molecule is Cn1nnc2ccc(OC3CCNC3)cc21. The molecule has 0 amide bonds. The molecular weight excluding hydrogens is 204 g/mol. The summed E-state index contributed by atoms with van der Waals surface area (Å²) in [5.74, 6) is 0.895. The molecule has 5 nitrogen and oxygen atoms in total. The number of benzene rings is 1. The van der Waals surface area contributed by atoms with Crippen molar-refractivity contribution in [2.45, 2.75) is 12.5 Å². The average molecular weight is 218 g/mol. The summed E-state index contributed by atoms with van der Waals surface area (Å²) in [4.78, 5) is 0. The van der Waals surface area contributed by atoms with Crippen molar-refractivity contribution in [3.05, 3.63) is 18.2 Å². The molecule has 2 aromatic rings. The highest BCUT2D eigenvalue weighted by molar-refractivity contribution is 5.75. The normalized spacial score (nSPS) is 20.4. The number of aryl methyl sites for hydroxylation is 1. The molecule has 84 valence electrons. The Morgan fingerprint density at radius 2 is 2.44 bits per heavy atom. The number of fused-ring (bicyclic) bond motifs is 1. The number of nitrogens with one attached hydrogen (secondary N) is 1. The number of rotatable bonds is 2. The minimum absolute atomic E-state index is 0.290. The standard InChI is InChI=1S/C11H14N4O/c1-15-11-6-8(2-3-10(11)13-14-15)16-9-4-5-12-7-9/h2-3,6,9,12H,4-5,7H2,1H3. The first-order chi connectivity index (χ1) is 7.83. The van der Waals surface area contributed by atoms with Crippen molar-refractivity contribution in [1.82, 2.24) is 20.3 Å². The van der Waals surface area contributed by atoms with Crippen LogP contribution in [-0.4, -0.2) is 34.2 Å². The molecule has 5 heteroatoms. The average Bonchev–Trinajstić information content (AvgIpc) is 2.90. The number of hydrogen-bond donors (Lipinski definition) is 1. The van der Waals surface area contributed by atoms with Gasteiger partial charge in [-0.15, -0.1) is 5.10 Å². The van der Waals surface area contributed by atoms with Crippen LogP contribution in [0.5, 0.6) is 5.75 Å². The van der Waals surface area contributed by atoms with E-state index in [2.05, 4.69) is 15.6 Å². The van der Waals surface area contributed by atoms with Gasteiger partial charge < -0.3 is 10.1 Å². The lowest BCUT2D eigenvalue weighted by molar-refractivity contribution is 0.223. The zero-order chi connectivity index (χ0) is 11.0. The Bertz CT molecular complexity index is 502. The van der Waals surface area contributed by atoms with E-state index >= 15 is 0 Å². The van der Waals surface area contributed by atoms with Gasteiger partial charge in [-0.1, -0.05) is 5.21 Å². The van der Waals surface area contributed by atoms with E-state index in [0.29, 0.717) is 6.10 Å². The van der Waals surface area contributed by atoms with Crippen LogP contribution in [0.15, 0.2) is 18.2 Å². The van der Waals surface area contributed by atoms with Crippen molar-refractivity contribution < 1.29 is 4.74 Å². The summed E-state index contributed by atoms with van der Waals surface area (Å²) in [6, 6.07) is 5.89. The molecule has 0 radical (unpaired) electrons. The van der Waals surface area contributed by atoms with E-state index in [0.717, 1.165) is 36.3 Å². The Morgan fingerprint density at radius 3 is 3.25 bits per heavy atom. The van der Waals surface area contributed by atoms with Crippen molar-refractivity contribution in [3.63, 3.8) is 0 Å². The third-order valence-corrected chi connectivity index (χ3v) is 2.90. The third-order valence-electron chi connectivity index (χ3n) is 2.90. The maximum absolute atomic E-state index is 5.88. The van der Waals surface area contributed by atoms with E-state index in [9.17, 15) is 0 Å². The fourth-order valence-corrected chi connectivity index (χ4v) is 2.00. The van der Waals surface area contributed by atoms with E-state index in [1.54, 1.807) is 4.68 Å². The molecule has 1 aromatic heterocycles. The summed E-state index contributed by atoms with van der Waals surface area (Å²) in [6.45, 7) is 1.97. The van der Waals surface area contributed by atoms with Crippen LogP contribution in [0, 0.1) is 0 Å². The van der Waals surface area contributed by atoms with E-state index in [1.807, 2.05) is 25.2 Å². The monoisotopic (exact) mass is 218 g/mol. The van der Waals surface area contributed by atoms with Gasteiger partial charge in [0.1, 0.15) is 17.4 Å². The second-order valence-electron chi connectivity index (χ2n) is 4.10. The summed E-state index contributed by atoms with van der Waals surface area (Å²) in [7, 11) is 1.89. The molecule has 1 N–H and O–H groups in total. The van der Waals surface area contributed by atoms with Gasteiger partial charge in [0.15, 0.2) is 0 Å². The van der Waals surface area contributed by atoms with Crippen LogP contribution in [0.25, 0.3) is 11.0 Å². The molecule has 0 aliphatic carbocycles. The van der Waals surface area contributed by atoms with Crippen molar-refractivity contribution in [3.8, 4) is 5.75 Å². The van der Waals surface area contributed by atoms with Gasteiger partial charge in [-0.3, -0.25) is 0 Å². The summed E-state index contributed by atoms with van der Waals surface area (Å²) < 4.78 is 7.64. The Labute approximate surface area is 93.4 Å². The first-order valence-electron chi connectivity index (χ1n) is 5.50. The van der Waals surface area contributed by atoms with E-state index < -0.39 is 0 Å². The second-order valence-corrected chi connectivity index (χ2v) is 4.10. The lowest BCUT2D eigenvalue weighted by Crippen LogP contribution is -2.19. The van der Waals surface area contributed by atoms with Gasteiger partial charge >= 0.3 is 0 Å². The molecule has 0 bridgehead atoms. The van der Waals surface area contributed by atoms with Crippen molar-refractivity contribution >= 4 is 11.0 Å². The first-order valence-corrected chi connectivity index (χ1v) is 5.50. The zero-order valence-corrected chi connectivity index (χ0v) is 9.18. The molecule has 1 fully saturated rings. The van der Waals surface area contributed by atoms with Crippen LogP contribution >= 0.6 is 0 Å². The molecule has 1 unspecified atom stereocenters. The van der Waals surface area contributed by atoms with Crippen LogP contribution in [0.3, 0.4) is 0 Å². The van der Waals surface area contributed by atoms with Crippen LogP contribution < -0.4 is 10.1 Å². The Morgan fingerprint density at radius 1 is 1.50 bits per heavy atom. The quantitative estimate of drug-likeness (QED) is 0.806. The van der Waals surface area contributed by atoms with Gasteiger partial charge in [0.25, 0.3) is 0 Å². The van der Waals surface area contributed by atoms with E-state index in [-0.39, 0.29) is 0 Å². The van der Waals surface area contributed by atoms with Gasteiger partial charge in [0.05, 0.1) is 5.52 Å². The molecule has 1 aromatic carbocycles. The Balaban J connectivity index is 1.88. The fraction of sp³-hybridized carbons (Fsp3) is 0.455. The van der Waals surface area contributed by atoms with Crippen molar-refractivity contribution in [2.24, 2.45) is 7.05 Å². The zero-order valence-electron chi connectivity index (χ0n) is 9.18. The molecule has 1 aliphatic heterocycles. The first kappa shape index (κ1) is 9.59. The van der Waals surface area contributed by atoms with Crippen LogP contribution in [-0.2, 0) is 7.05 Å². The molecule has 16 heavy (non-hydrogen) atoms. The predicted molar refractivity (Wildman–Crippen MR) is 60.4 cm³/mol. The lowest BCUT2D eigenvalue weighted by atomic mass is 10.2. The predicted octanol–water partition coefficient (Wildman–Crippen LogP) is 0.709. The highest BCUT2D eigenvalue weighted by atomic mass is 16.5. The summed E-state index contributed by atoms with van der Waals surface area (Å²) in [6.07, 6.45) is 1.36. The summed E-state index contributed by atoms with van der Waals surface area (Å²) in [5.41, 5.74) is 1.91.